The molecule has 1 aromatic heterocycles. The van der Waals surface area contributed by atoms with Crippen LogP contribution in [0.2, 0.25) is 0 Å². The quantitative estimate of drug-likeness (QED) is 0.780. The monoisotopic (exact) mass is 320 g/mol. The van der Waals surface area contributed by atoms with Gasteiger partial charge in [-0.2, -0.15) is 11.8 Å². The highest BCUT2D eigenvalue weighted by Crippen LogP contribution is 2.11. The second-order valence-corrected chi connectivity index (χ2v) is 6.44. The van der Waals surface area contributed by atoms with Gasteiger partial charge in [-0.05, 0) is 37.0 Å². The van der Waals surface area contributed by atoms with E-state index in [4.69, 9.17) is 5.73 Å². The van der Waals surface area contributed by atoms with Crippen molar-refractivity contribution >= 4 is 28.7 Å². The van der Waals surface area contributed by atoms with Crippen LogP contribution in [0.15, 0.2) is 24.3 Å². The van der Waals surface area contributed by atoms with Crippen molar-refractivity contribution in [3.8, 4) is 0 Å². The van der Waals surface area contributed by atoms with E-state index in [1.807, 2.05) is 37.6 Å². The average Bonchev–Trinajstić information content (AvgIpc) is 2.94. The average molecular weight is 320 g/mol. The van der Waals surface area contributed by atoms with Crippen molar-refractivity contribution in [1.82, 2.24) is 14.9 Å². The minimum Gasteiger partial charge on any atom is -0.344 e. The molecule has 2 rings (SSSR count). The molecule has 0 fully saturated rings. The second-order valence-electron chi connectivity index (χ2n) is 5.45. The number of aryl methyl sites for hydroxylation is 1. The van der Waals surface area contributed by atoms with E-state index in [1.54, 1.807) is 16.7 Å². The van der Waals surface area contributed by atoms with Gasteiger partial charge in [-0.25, -0.2) is 4.98 Å². The first kappa shape index (κ1) is 16.8. The summed E-state index contributed by atoms with van der Waals surface area (Å²) in [6.45, 7) is 0.697. The second kappa shape index (κ2) is 8.19. The molecule has 120 valence electrons. The van der Waals surface area contributed by atoms with E-state index in [-0.39, 0.29) is 11.9 Å². The van der Waals surface area contributed by atoms with Crippen LogP contribution in [0, 0.1) is 0 Å². The molecule has 1 unspecified atom stereocenters. The molecular formula is C16H24N4OS. The minimum absolute atomic E-state index is 0.0265. The highest BCUT2D eigenvalue weighted by molar-refractivity contribution is 7.98. The Morgan fingerprint density at radius 1 is 1.45 bits per heavy atom. The first-order valence-electron chi connectivity index (χ1n) is 7.55. The number of thioether (sulfide) groups is 1. The van der Waals surface area contributed by atoms with Crippen LogP contribution in [0.1, 0.15) is 18.7 Å². The van der Waals surface area contributed by atoms with Crippen molar-refractivity contribution in [3.63, 3.8) is 0 Å². The number of fused-ring (bicyclic) bond motifs is 1. The molecule has 0 radical (unpaired) electrons. The van der Waals surface area contributed by atoms with Gasteiger partial charge in [-0.1, -0.05) is 12.1 Å². The summed E-state index contributed by atoms with van der Waals surface area (Å²) in [5, 5.41) is 0. The van der Waals surface area contributed by atoms with Gasteiger partial charge in [0.15, 0.2) is 0 Å². The number of nitrogens with one attached hydrogen (secondary N) is 1. The molecule has 0 aliphatic heterocycles. The van der Waals surface area contributed by atoms with Crippen molar-refractivity contribution < 1.29 is 4.79 Å². The smallest absolute Gasteiger partial charge is 0.239 e. The van der Waals surface area contributed by atoms with E-state index in [9.17, 15) is 4.79 Å². The molecule has 0 aliphatic rings. The Hall–Kier alpha value is -1.53. The van der Waals surface area contributed by atoms with Gasteiger partial charge in [0.1, 0.15) is 5.82 Å². The van der Waals surface area contributed by atoms with E-state index >= 15 is 0 Å². The summed E-state index contributed by atoms with van der Waals surface area (Å²) in [5.74, 6) is 1.91. The minimum atomic E-state index is -0.386. The van der Waals surface area contributed by atoms with Crippen LogP contribution in [0.5, 0.6) is 0 Å². The van der Waals surface area contributed by atoms with Gasteiger partial charge in [0.25, 0.3) is 0 Å². The van der Waals surface area contributed by atoms with Gasteiger partial charge >= 0.3 is 0 Å². The van der Waals surface area contributed by atoms with Gasteiger partial charge in [-0.15, -0.1) is 0 Å². The highest BCUT2D eigenvalue weighted by Gasteiger charge is 2.17. The molecule has 6 heteroatoms. The molecular weight excluding hydrogens is 296 g/mol. The fourth-order valence-corrected chi connectivity index (χ4v) is 2.86. The maximum atomic E-state index is 12.1. The number of para-hydroxylation sites is 2. The zero-order valence-corrected chi connectivity index (χ0v) is 14.0. The number of nitrogens with two attached hydrogens (primary N) is 1. The lowest BCUT2D eigenvalue weighted by molar-refractivity contribution is -0.131. The molecule has 2 aromatic rings. The van der Waals surface area contributed by atoms with Crippen molar-refractivity contribution in [2.75, 3.05) is 25.6 Å². The highest BCUT2D eigenvalue weighted by atomic mass is 32.2. The summed E-state index contributed by atoms with van der Waals surface area (Å²) in [6.07, 6.45) is 4.45. The number of nitrogens with zero attached hydrogens (tertiary/aromatic N) is 2. The van der Waals surface area contributed by atoms with Crippen LogP contribution in [0.4, 0.5) is 0 Å². The number of benzene rings is 1. The fraction of sp³-hybridized carbons (Fsp3) is 0.500. The molecule has 1 aromatic carbocycles. The number of amides is 1. The van der Waals surface area contributed by atoms with E-state index in [0.717, 1.165) is 41.9 Å². The molecule has 0 saturated carbocycles. The summed E-state index contributed by atoms with van der Waals surface area (Å²) in [5.41, 5.74) is 7.96. The van der Waals surface area contributed by atoms with Crippen LogP contribution in [0.25, 0.3) is 11.0 Å². The topological polar surface area (TPSA) is 75.0 Å². The van der Waals surface area contributed by atoms with Crippen LogP contribution < -0.4 is 5.73 Å². The molecule has 0 bridgehead atoms. The number of rotatable bonds is 8. The standard InChI is InChI=1S/C16H24N4OS/c1-20(16(21)12(17)9-11-22-2)10-5-8-15-18-13-6-3-4-7-14(13)19-15/h3-4,6-7,12H,5,8-11,17H2,1-2H3,(H,18,19). The van der Waals surface area contributed by atoms with Crippen LogP contribution in [-0.2, 0) is 11.2 Å². The molecule has 0 saturated heterocycles. The number of imidazole rings is 1. The summed E-state index contributed by atoms with van der Waals surface area (Å²) < 4.78 is 0. The van der Waals surface area contributed by atoms with E-state index in [2.05, 4.69) is 9.97 Å². The first-order valence-corrected chi connectivity index (χ1v) is 8.94. The third-order valence-corrected chi connectivity index (χ3v) is 4.32. The Morgan fingerprint density at radius 2 is 2.23 bits per heavy atom. The van der Waals surface area contributed by atoms with Gasteiger partial charge in [0.05, 0.1) is 17.1 Å². The number of hydrogen-bond acceptors (Lipinski definition) is 4. The van der Waals surface area contributed by atoms with Gasteiger partial charge in [-0.3, -0.25) is 4.79 Å². The lowest BCUT2D eigenvalue weighted by Gasteiger charge is -2.20. The van der Waals surface area contributed by atoms with Crippen molar-refractivity contribution in [2.24, 2.45) is 5.73 Å². The Balaban J connectivity index is 1.78. The Kier molecular flexibility index (Phi) is 6.27. The Bertz CT molecular complexity index is 580. The predicted molar refractivity (Wildman–Crippen MR) is 93.0 cm³/mol. The van der Waals surface area contributed by atoms with Crippen molar-refractivity contribution in [2.45, 2.75) is 25.3 Å². The van der Waals surface area contributed by atoms with Crippen LogP contribution in [0.3, 0.4) is 0 Å². The fourth-order valence-electron chi connectivity index (χ4n) is 2.37. The summed E-state index contributed by atoms with van der Waals surface area (Å²) in [7, 11) is 1.82. The molecule has 5 nitrogen and oxygen atoms in total. The number of carbonyl (C=O) groups is 1. The molecule has 1 amide bonds. The number of carbonyl (C=O) groups excluding carboxylic acids is 1. The van der Waals surface area contributed by atoms with E-state index in [0.29, 0.717) is 6.54 Å². The zero-order chi connectivity index (χ0) is 15.9. The molecule has 1 heterocycles. The number of aromatic amines is 1. The number of aromatic nitrogens is 2. The summed E-state index contributed by atoms with van der Waals surface area (Å²) in [6, 6.07) is 7.60. The normalized spacial score (nSPS) is 12.5. The Morgan fingerprint density at radius 3 is 2.95 bits per heavy atom. The van der Waals surface area contributed by atoms with E-state index < -0.39 is 0 Å². The molecule has 1 atom stereocenters. The first-order chi connectivity index (χ1) is 10.6. The SMILES string of the molecule is CSCCC(N)C(=O)N(C)CCCc1nc2ccccc2[nH]1. The maximum absolute atomic E-state index is 12.1. The molecule has 0 spiro atoms. The van der Waals surface area contributed by atoms with Crippen molar-refractivity contribution in [3.05, 3.63) is 30.1 Å². The van der Waals surface area contributed by atoms with Crippen LogP contribution >= 0.6 is 11.8 Å². The van der Waals surface area contributed by atoms with Crippen LogP contribution in [-0.4, -0.2) is 52.4 Å². The number of hydrogen-bond donors (Lipinski definition) is 2. The molecule has 3 N–H and O–H groups in total. The number of H-pyrrole nitrogens is 1. The number of likely N-dealkylation sites (N-methyl/N-ethyl adjacent to an activating group) is 1. The lowest BCUT2D eigenvalue weighted by Crippen LogP contribution is -2.42. The lowest BCUT2D eigenvalue weighted by atomic mass is 10.2. The maximum Gasteiger partial charge on any atom is 0.239 e. The van der Waals surface area contributed by atoms with Gasteiger partial charge in [0, 0.05) is 20.0 Å². The largest absolute Gasteiger partial charge is 0.344 e. The van der Waals surface area contributed by atoms with Crippen molar-refractivity contribution in [1.29, 1.82) is 0 Å². The molecule has 0 aliphatic carbocycles. The third-order valence-electron chi connectivity index (χ3n) is 3.67. The predicted octanol–water partition coefficient (Wildman–Crippen LogP) is 2.03. The summed E-state index contributed by atoms with van der Waals surface area (Å²) in [4.78, 5) is 21.7. The van der Waals surface area contributed by atoms with Gasteiger partial charge in [0.2, 0.25) is 5.91 Å². The Labute approximate surface area is 135 Å². The van der Waals surface area contributed by atoms with Gasteiger partial charge < -0.3 is 15.6 Å². The zero-order valence-electron chi connectivity index (χ0n) is 13.2. The molecule has 22 heavy (non-hydrogen) atoms. The van der Waals surface area contributed by atoms with E-state index in [1.165, 1.54) is 0 Å². The summed E-state index contributed by atoms with van der Waals surface area (Å²) >= 11 is 1.71. The third kappa shape index (κ3) is 4.48.